The van der Waals surface area contributed by atoms with E-state index in [4.69, 9.17) is 4.74 Å². The fourth-order valence-electron chi connectivity index (χ4n) is 3.62. The molecular formula is C19H20N4O4. The number of fused-ring (bicyclic) bond motifs is 2. The first-order chi connectivity index (χ1) is 12.9. The molecule has 0 saturated heterocycles. The number of rotatable bonds is 3. The lowest BCUT2D eigenvalue weighted by molar-refractivity contribution is -0.116. The Morgan fingerprint density at radius 3 is 2.63 bits per heavy atom. The SMILES string of the molecule is COc1ccc2[nH]c(=O)c([C@H]3CC(=O)Nc4c3c(=O)[nH]n4C(C)C)cc2c1. The minimum Gasteiger partial charge on any atom is -0.497 e. The molecule has 0 unspecified atom stereocenters. The first kappa shape index (κ1) is 17.1. The standard InChI is InChI=1S/C19H20N4O4/c1-9(2)23-17-16(19(26)22-23)12(8-15(24)21-17)13-7-10-6-11(27-3)4-5-14(10)20-18(13)25/h4-7,9,12H,8H2,1-3H3,(H,20,25)(H,21,24)(H,22,26)/t12-/m1/s1. The van der Waals surface area contributed by atoms with Crippen LogP contribution in [0.4, 0.5) is 5.82 Å². The van der Waals surface area contributed by atoms with Gasteiger partial charge in [0.2, 0.25) is 5.91 Å². The van der Waals surface area contributed by atoms with Gasteiger partial charge in [0.05, 0.1) is 12.7 Å². The van der Waals surface area contributed by atoms with Gasteiger partial charge in [0.25, 0.3) is 11.1 Å². The minimum atomic E-state index is -0.614. The van der Waals surface area contributed by atoms with Gasteiger partial charge in [0.15, 0.2) is 0 Å². The zero-order valence-electron chi connectivity index (χ0n) is 15.3. The molecule has 0 spiro atoms. The molecule has 1 atom stereocenters. The second kappa shape index (κ2) is 6.15. The van der Waals surface area contributed by atoms with Gasteiger partial charge in [-0.2, -0.15) is 0 Å². The number of hydrogen-bond acceptors (Lipinski definition) is 4. The fourth-order valence-corrected chi connectivity index (χ4v) is 3.62. The maximum absolute atomic E-state index is 12.7. The first-order valence-electron chi connectivity index (χ1n) is 8.74. The highest BCUT2D eigenvalue weighted by Gasteiger charge is 2.34. The molecule has 8 nitrogen and oxygen atoms in total. The molecule has 3 aromatic rings. The monoisotopic (exact) mass is 368 g/mol. The molecule has 4 rings (SSSR count). The van der Waals surface area contributed by atoms with Gasteiger partial charge < -0.3 is 15.0 Å². The predicted molar refractivity (Wildman–Crippen MR) is 102 cm³/mol. The minimum absolute atomic E-state index is 0.0384. The van der Waals surface area contributed by atoms with Crippen LogP contribution in [-0.4, -0.2) is 27.8 Å². The molecule has 0 radical (unpaired) electrons. The van der Waals surface area contributed by atoms with Gasteiger partial charge in [0, 0.05) is 34.8 Å². The summed E-state index contributed by atoms with van der Waals surface area (Å²) in [4.78, 5) is 40.4. The average Bonchev–Trinajstić information content (AvgIpc) is 2.97. The summed E-state index contributed by atoms with van der Waals surface area (Å²) in [5.41, 5.74) is 0.859. The van der Waals surface area contributed by atoms with E-state index in [9.17, 15) is 14.4 Å². The Morgan fingerprint density at radius 2 is 1.93 bits per heavy atom. The molecule has 0 fully saturated rings. The molecule has 0 bridgehead atoms. The van der Waals surface area contributed by atoms with Crippen molar-refractivity contribution in [2.75, 3.05) is 12.4 Å². The van der Waals surface area contributed by atoms with E-state index in [0.717, 1.165) is 5.39 Å². The number of anilines is 1. The van der Waals surface area contributed by atoms with E-state index < -0.39 is 5.92 Å². The molecule has 140 valence electrons. The number of amides is 1. The van der Waals surface area contributed by atoms with Crippen molar-refractivity contribution >= 4 is 22.6 Å². The molecule has 1 aliphatic rings. The number of carbonyl (C=O) groups is 1. The number of pyridine rings is 1. The number of nitrogens with one attached hydrogen (secondary N) is 3. The number of methoxy groups -OCH3 is 1. The Kier molecular flexibility index (Phi) is 3.91. The van der Waals surface area contributed by atoms with Crippen LogP contribution in [0.25, 0.3) is 10.9 Å². The van der Waals surface area contributed by atoms with Crippen LogP contribution in [0.2, 0.25) is 0 Å². The first-order valence-corrected chi connectivity index (χ1v) is 8.74. The molecule has 0 aliphatic carbocycles. The van der Waals surface area contributed by atoms with Crippen LogP contribution in [-0.2, 0) is 4.79 Å². The maximum Gasteiger partial charge on any atom is 0.270 e. The highest BCUT2D eigenvalue weighted by atomic mass is 16.5. The summed E-state index contributed by atoms with van der Waals surface area (Å²) in [7, 11) is 1.57. The molecule has 1 aliphatic heterocycles. The number of hydrogen-bond donors (Lipinski definition) is 3. The normalized spacial score (nSPS) is 16.4. The van der Waals surface area contributed by atoms with Crippen molar-refractivity contribution in [2.24, 2.45) is 0 Å². The third-order valence-electron chi connectivity index (χ3n) is 4.93. The number of aromatic amines is 2. The van der Waals surface area contributed by atoms with E-state index >= 15 is 0 Å². The summed E-state index contributed by atoms with van der Waals surface area (Å²) in [5, 5.41) is 6.30. The number of ether oxygens (including phenoxy) is 1. The van der Waals surface area contributed by atoms with Crippen LogP contribution in [0.3, 0.4) is 0 Å². The average molecular weight is 368 g/mol. The highest BCUT2D eigenvalue weighted by molar-refractivity contribution is 5.94. The number of aromatic nitrogens is 3. The smallest absolute Gasteiger partial charge is 0.270 e. The number of carbonyl (C=O) groups excluding carboxylic acids is 1. The fraction of sp³-hybridized carbons (Fsp3) is 0.316. The van der Waals surface area contributed by atoms with Crippen LogP contribution < -0.4 is 21.2 Å². The summed E-state index contributed by atoms with van der Waals surface area (Å²) in [5.74, 6) is 0.246. The zero-order valence-corrected chi connectivity index (χ0v) is 15.3. The van der Waals surface area contributed by atoms with Crippen molar-refractivity contribution in [2.45, 2.75) is 32.2 Å². The Hall–Kier alpha value is -3.29. The van der Waals surface area contributed by atoms with Gasteiger partial charge in [-0.25, -0.2) is 0 Å². The lowest BCUT2D eigenvalue weighted by Gasteiger charge is -2.24. The topological polar surface area (TPSA) is 109 Å². The molecule has 2 aromatic heterocycles. The maximum atomic E-state index is 12.7. The van der Waals surface area contributed by atoms with Crippen molar-refractivity contribution in [1.82, 2.24) is 14.8 Å². The Balaban J connectivity index is 1.94. The Morgan fingerprint density at radius 1 is 1.15 bits per heavy atom. The van der Waals surface area contributed by atoms with Gasteiger partial charge in [-0.05, 0) is 38.1 Å². The molecule has 27 heavy (non-hydrogen) atoms. The molecule has 1 aromatic carbocycles. The number of benzene rings is 1. The van der Waals surface area contributed by atoms with Gasteiger partial charge in [-0.1, -0.05) is 0 Å². The van der Waals surface area contributed by atoms with Crippen LogP contribution >= 0.6 is 0 Å². The molecule has 8 heteroatoms. The van der Waals surface area contributed by atoms with E-state index in [2.05, 4.69) is 15.4 Å². The van der Waals surface area contributed by atoms with Crippen molar-refractivity contribution in [3.05, 3.63) is 56.1 Å². The Bertz CT molecular complexity index is 1170. The second-order valence-electron chi connectivity index (χ2n) is 6.98. The molecule has 3 heterocycles. The largest absolute Gasteiger partial charge is 0.497 e. The number of nitrogens with zero attached hydrogens (tertiary/aromatic N) is 1. The number of H-pyrrole nitrogens is 2. The summed E-state index contributed by atoms with van der Waals surface area (Å²) in [6, 6.07) is 7.02. The van der Waals surface area contributed by atoms with Crippen molar-refractivity contribution in [3.8, 4) is 5.75 Å². The van der Waals surface area contributed by atoms with Crippen LogP contribution in [0.1, 0.15) is 43.4 Å². The van der Waals surface area contributed by atoms with E-state index in [0.29, 0.717) is 28.2 Å². The lowest BCUT2D eigenvalue weighted by atomic mass is 9.87. The predicted octanol–water partition coefficient (Wildman–Crippen LogP) is 2.08. The van der Waals surface area contributed by atoms with E-state index in [-0.39, 0.29) is 29.5 Å². The van der Waals surface area contributed by atoms with Crippen LogP contribution in [0, 0.1) is 0 Å². The van der Waals surface area contributed by atoms with Gasteiger partial charge in [-0.15, -0.1) is 0 Å². The van der Waals surface area contributed by atoms with Crippen molar-refractivity contribution < 1.29 is 9.53 Å². The summed E-state index contributed by atoms with van der Waals surface area (Å²) >= 11 is 0. The zero-order chi connectivity index (χ0) is 19.3. The lowest BCUT2D eigenvalue weighted by Crippen LogP contribution is -2.30. The van der Waals surface area contributed by atoms with Gasteiger partial charge >= 0.3 is 0 Å². The summed E-state index contributed by atoms with van der Waals surface area (Å²) in [6.07, 6.45) is 0.0384. The highest BCUT2D eigenvalue weighted by Crippen LogP contribution is 2.35. The van der Waals surface area contributed by atoms with Gasteiger partial charge in [0.1, 0.15) is 11.6 Å². The van der Waals surface area contributed by atoms with E-state index in [1.54, 1.807) is 30.0 Å². The van der Waals surface area contributed by atoms with Crippen molar-refractivity contribution in [3.63, 3.8) is 0 Å². The molecule has 1 amide bonds. The third-order valence-corrected chi connectivity index (χ3v) is 4.93. The van der Waals surface area contributed by atoms with E-state index in [1.807, 2.05) is 19.9 Å². The van der Waals surface area contributed by atoms with Crippen LogP contribution in [0.15, 0.2) is 33.9 Å². The molecule has 0 saturated carbocycles. The van der Waals surface area contributed by atoms with Crippen LogP contribution in [0.5, 0.6) is 5.75 Å². The third kappa shape index (κ3) is 2.73. The second-order valence-corrected chi connectivity index (χ2v) is 6.98. The van der Waals surface area contributed by atoms with Gasteiger partial charge in [-0.3, -0.25) is 24.2 Å². The Labute approximate surface area is 154 Å². The summed E-state index contributed by atoms with van der Waals surface area (Å²) < 4.78 is 6.87. The quantitative estimate of drug-likeness (QED) is 0.657. The summed E-state index contributed by atoms with van der Waals surface area (Å²) in [6.45, 7) is 3.81. The molecule has 3 N–H and O–H groups in total. The van der Waals surface area contributed by atoms with E-state index in [1.165, 1.54) is 0 Å². The molecular weight excluding hydrogens is 348 g/mol. The van der Waals surface area contributed by atoms with Crippen molar-refractivity contribution in [1.29, 1.82) is 0 Å².